The summed E-state index contributed by atoms with van der Waals surface area (Å²) in [5, 5.41) is 12.3. The fourth-order valence-electron chi connectivity index (χ4n) is 2.35. The van der Waals surface area contributed by atoms with Crippen molar-refractivity contribution in [3.8, 4) is 11.5 Å². The Hall–Kier alpha value is -3.50. The van der Waals surface area contributed by atoms with Crippen LogP contribution in [-0.4, -0.2) is 32.6 Å². The van der Waals surface area contributed by atoms with Gasteiger partial charge in [-0.25, -0.2) is 14.4 Å². The van der Waals surface area contributed by atoms with E-state index in [-0.39, 0.29) is 29.9 Å². The molecule has 28 heavy (non-hydrogen) atoms. The van der Waals surface area contributed by atoms with Gasteiger partial charge < -0.3 is 15.1 Å². The molecule has 8 nitrogen and oxygen atoms in total. The molecule has 1 aromatic carbocycles. The highest BCUT2D eigenvalue weighted by atomic mass is 19.3. The first-order chi connectivity index (χ1) is 13.4. The number of carbonyl (C=O) groups is 1. The minimum atomic E-state index is -2.88. The van der Waals surface area contributed by atoms with E-state index in [9.17, 15) is 18.0 Å². The maximum absolute atomic E-state index is 14.1. The first-order valence-electron chi connectivity index (χ1n) is 8.13. The van der Waals surface area contributed by atoms with Gasteiger partial charge in [0.15, 0.2) is 0 Å². The highest BCUT2D eigenvalue weighted by Gasteiger charge is 2.19. The van der Waals surface area contributed by atoms with E-state index in [1.807, 2.05) is 0 Å². The van der Waals surface area contributed by atoms with E-state index >= 15 is 0 Å². The van der Waals surface area contributed by atoms with Crippen LogP contribution in [0.5, 0.6) is 0 Å². The summed E-state index contributed by atoms with van der Waals surface area (Å²) in [6, 6.07) is 5.47. The number of hydrogen-bond donors (Lipinski definition) is 2. The maximum Gasteiger partial charge on any atom is 0.314 e. The molecule has 2 N–H and O–H groups in total. The van der Waals surface area contributed by atoms with Gasteiger partial charge in [0, 0.05) is 31.4 Å². The van der Waals surface area contributed by atoms with Crippen molar-refractivity contribution < 1.29 is 22.4 Å². The molecule has 1 amide bonds. The van der Waals surface area contributed by atoms with Gasteiger partial charge in [-0.1, -0.05) is 18.2 Å². The molecule has 0 radical (unpaired) electrons. The molecule has 2 heterocycles. The van der Waals surface area contributed by atoms with Gasteiger partial charge in [0.1, 0.15) is 5.82 Å². The molecule has 0 saturated heterocycles. The van der Waals surface area contributed by atoms with Crippen molar-refractivity contribution >= 4 is 11.9 Å². The molecular formula is C17H15F3N6O2. The second-order valence-corrected chi connectivity index (χ2v) is 5.70. The van der Waals surface area contributed by atoms with Gasteiger partial charge in [0.2, 0.25) is 11.9 Å². The summed E-state index contributed by atoms with van der Waals surface area (Å²) in [5.41, 5.74) is 0.566. The Bertz CT molecular complexity index is 948. The fourth-order valence-corrected chi connectivity index (χ4v) is 2.35. The molecular weight excluding hydrogens is 377 g/mol. The van der Waals surface area contributed by atoms with Crippen LogP contribution in [-0.2, 0) is 4.79 Å². The number of nitrogens with zero attached hydrogens (tertiary/aromatic N) is 4. The standard InChI is InChI=1S/C17H15F3N6O2/c1-9(27)21-8-13(11-4-2-3-5-12(11)18)24-17-22-6-10(7-23-17)15-25-26-16(28-15)14(19)20/h2-7,13-14H,8H2,1H3,(H,21,27)(H,22,23,24). The summed E-state index contributed by atoms with van der Waals surface area (Å²) in [6.07, 6.45) is -0.275. The van der Waals surface area contributed by atoms with Crippen molar-refractivity contribution in [3.05, 3.63) is 53.9 Å². The number of anilines is 1. The molecule has 0 spiro atoms. The first kappa shape index (κ1) is 19.3. The van der Waals surface area contributed by atoms with Gasteiger partial charge in [0.05, 0.1) is 11.6 Å². The lowest BCUT2D eigenvalue weighted by atomic mass is 10.1. The Morgan fingerprint density at radius 3 is 2.50 bits per heavy atom. The summed E-state index contributed by atoms with van der Waals surface area (Å²) in [4.78, 5) is 19.3. The molecule has 1 unspecified atom stereocenters. The lowest BCUT2D eigenvalue weighted by Gasteiger charge is -2.20. The van der Waals surface area contributed by atoms with Crippen molar-refractivity contribution in [2.75, 3.05) is 11.9 Å². The summed E-state index contributed by atoms with van der Waals surface area (Å²) in [6.45, 7) is 1.45. The zero-order chi connectivity index (χ0) is 20.1. The largest absolute Gasteiger partial charge is 0.415 e. The molecule has 0 saturated carbocycles. The average molecular weight is 392 g/mol. The van der Waals surface area contributed by atoms with Crippen molar-refractivity contribution in [2.45, 2.75) is 19.4 Å². The Balaban J connectivity index is 1.78. The van der Waals surface area contributed by atoms with Crippen LogP contribution in [0.4, 0.5) is 19.1 Å². The third-order valence-corrected chi connectivity index (χ3v) is 3.67. The van der Waals surface area contributed by atoms with Crippen LogP contribution in [0.2, 0.25) is 0 Å². The van der Waals surface area contributed by atoms with E-state index in [2.05, 4.69) is 30.8 Å². The number of amides is 1. The lowest BCUT2D eigenvalue weighted by molar-refractivity contribution is -0.119. The predicted octanol–water partition coefficient (Wildman–Crippen LogP) is 2.89. The number of benzene rings is 1. The van der Waals surface area contributed by atoms with Gasteiger partial charge in [-0.3, -0.25) is 4.79 Å². The third-order valence-electron chi connectivity index (χ3n) is 3.67. The van der Waals surface area contributed by atoms with Crippen LogP contribution in [0.15, 0.2) is 41.1 Å². The molecule has 0 aliphatic carbocycles. The van der Waals surface area contributed by atoms with Crippen molar-refractivity contribution in [1.82, 2.24) is 25.5 Å². The van der Waals surface area contributed by atoms with Crippen LogP contribution < -0.4 is 10.6 Å². The van der Waals surface area contributed by atoms with E-state index < -0.39 is 24.2 Å². The van der Waals surface area contributed by atoms with Crippen LogP contribution in [0.3, 0.4) is 0 Å². The van der Waals surface area contributed by atoms with E-state index in [1.165, 1.54) is 25.4 Å². The number of alkyl halides is 2. The van der Waals surface area contributed by atoms with E-state index in [4.69, 9.17) is 4.42 Å². The number of halogens is 3. The lowest BCUT2D eigenvalue weighted by Crippen LogP contribution is -2.30. The average Bonchev–Trinajstić information content (AvgIpc) is 3.17. The number of hydrogen-bond acceptors (Lipinski definition) is 7. The molecule has 0 aliphatic rings. The van der Waals surface area contributed by atoms with E-state index in [1.54, 1.807) is 18.2 Å². The summed E-state index contributed by atoms with van der Waals surface area (Å²) in [5.74, 6) is -1.54. The van der Waals surface area contributed by atoms with Gasteiger partial charge in [0.25, 0.3) is 11.8 Å². The van der Waals surface area contributed by atoms with Crippen LogP contribution in [0, 0.1) is 5.82 Å². The Morgan fingerprint density at radius 1 is 1.18 bits per heavy atom. The second kappa shape index (κ2) is 8.46. The predicted molar refractivity (Wildman–Crippen MR) is 91.7 cm³/mol. The van der Waals surface area contributed by atoms with Crippen LogP contribution in [0.25, 0.3) is 11.5 Å². The van der Waals surface area contributed by atoms with Crippen LogP contribution in [0.1, 0.15) is 30.8 Å². The van der Waals surface area contributed by atoms with E-state index in [0.29, 0.717) is 5.56 Å². The van der Waals surface area contributed by atoms with Crippen LogP contribution >= 0.6 is 0 Å². The molecule has 11 heteroatoms. The molecule has 0 bridgehead atoms. The fraction of sp³-hybridized carbons (Fsp3) is 0.235. The topological polar surface area (TPSA) is 106 Å². The Morgan fingerprint density at radius 2 is 1.89 bits per heavy atom. The molecule has 1 atom stereocenters. The number of nitrogens with one attached hydrogen (secondary N) is 2. The summed E-state index contributed by atoms with van der Waals surface area (Å²) >= 11 is 0. The Labute approximate surface area is 157 Å². The first-order valence-corrected chi connectivity index (χ1v) is 8.13. The normalized spacial score (nSPS) is 12.0. The summed E-state index contributed by atoms with van der Waals surface area (Å²) in [7, 11) is 0. The van der Waals surface area contributed by atoms with Gasteiger partial charge in [-0.15, -0.1) is 10.2 Å². The van der Waals surface area contributed by atoms with Gasteiger partial charge in [-0.05, 0) is 6.07 Å². The maximum atomic E-state index is 14.1. The zero-order valence-corrected chi connectivity index (χ0v) is 14.6. The number of rotatable bonds is 7. The monoisotopic (exact) mass is 392 g/mol. The molecule has 2 aromatic heterocycles. The zero-order valence-electron chi connectivity index (χ0n) is 14.6. The minimum Gasteiger partial charge on any atom is -0.415 e. The number of aromatic nitrogens is 4. The van der Waals surface area contributed by atoms with Gasteiger partial charge >= 0.3 is 6.43 Å². The van der Waals surface area contributed by atoms with Crippen molar-refractivity contribution in [3.63, 3.8) is 0 Å². The minimum absolute atomic E-state index is 0.1000. The van der Waals surface area contributed by atoms with Crippen molar-refractivity contribution in [2.24, 2.45) is 0 Å². The quantitative estimate of drug-likeness (QED) is 0.637. The molecule has 3 rings (SSSR count). The van der Waals surface area contributed by atoms with Crippen molar-refractivity contribution in [1.29, 1.82) is 0 Å². The third kappa shape index (κ3) is 4.61. The molecule has 3 aromatic rings. The highest BCUT2D eigenvalue weighted by Crippen LogP contribution is 2.24. The SMILES string of the molecule is CC(=O)NCC(Nc1ncc(-c2nnc(C(F)F)o2)cn1)c1ccccc1F. The van der Waals surface area contributed by atoms with E-state index in [0.717, 1.165) is 0 Å². The second-order valence-electron chi connectivity index (χ2n) is 5.70. The number of carbonyl (C=O) groups excluding carboxylic acids is 1. The highest BCUT2D eigenvalue weighted by molar-refractivity contribution is 5.72. The van der Waals surface area contributed by atoms with Gasteiger partial charge in [-0.2, -0.15) is 8.78 Å². The molecule has 0 aliphatic heterocycles. The molecule has 0 fully saturated rings. The summed E-state index contributed by atoms with van der Waals surface area (Å²) < 4.78 is 44.0. The Kier molecular flexibility index (Phi) is 5.82. The molecule has 146 valence electrons. The smallest absolute Gasteiger partial charge is 0.314 e.